The number of hydrogen-bond donors (Lipinski definition) is 0. The van der Waals surface area contributed by atoms with Gasteiger partial charge in [-0.1, -0.05) is 222 Å². The fraction of sp³-hybridized carbons (Fsp3) is 0.828. The molecule has 0 amide bonds. The fourth-order valence-electron chi connectivity index (χ4n) is 10.8. The number of rotatable bonds is 39. The summed E-state index contributed by atoms with van der Waals surface area (Å²) >= 11 is 0. The molecule has 4 aliphatic rings. The summed E-state index contributed by atoms with van der Waals surface area (Å²) in [6.45, 7) is 46.9. The van der Waals surface area contributed by atoms with Crippen LogP contribution in [0.1, 0.15) is 223 Å². The van der Waals surface area contributed by atoms with Gasteiger partial charge in [0.2, 0.25) is 12.4 Å². The van der Waals surface area contributed by atoms with Crippen molar-refractivity contribution in [2.24, 2.45) is 88.8 Å². The monoisotopic (exact) mass is 1780 g/mol. The first-order valence-electron chi connectivity index (χ1n) is 43.4. The minimum atomic E-state index is -1.89. The summed E-state index contributed by atoms with van der Waals surface area (Å²) in [4.78, 5) is 198. The van der Waals surface area contributed by atoms with Crippen molar-refractivity contribution in [2.75, 3.05) is 33.5 Å². The Morgan fingerprint density at radius 1 is 0.210 bits per heavy atom. The Morgan fingerprint density at radius 2 is 0.355 bits per heavy atom. The van der Waals surface area contributed by atoms with Gasteiger partial charge in [-0.3, -0.25) is 71.9 Å². The van der Waals surface area contributed by atoms with Crippen molar-refractivity contribution in [3.8, 4) is 0 Å². The molecule has 0 radical (unpaired) electrons. The van der Waals surface area contributed by atoms with Gasteiger partial charge in [-0.2, -0.15) is 0 Å². The Hall–Kier alpha value is -8.23. The third kappa shape index (κ3) is 34.2. The van der Waals surface area contributed by atoms with Gasteiger partial charge in [0.25, 0.3) is 0 Å². The molecule has 0 aromatic carbocycles. The van der Waals surface area contributed by atoms with Gasteiger partial charge in [0.1, 0.15) is 63.1 Å². The lowest BCUT2D eigenvalue weighted by atomic mass is 9.95. The van der Waals surface area contributed by atoms with Crippen molar-refractivity contribution < 1.29 is 177 Å². The highest BCUT2D eigenvalue weighted by molar-refractivity contribution is 5.78. The summed E-state index contributed by atoms with van der Waals surface area (Å²) in [5, 5.41) is 0. The van der Waals surface area contributed by atoms with E-state index in [9.17, 15) is 71.9 Å². The van der Waals surface area contributed by atoms with E-state index in [-0.39, 0.29) is 0 Å². The quantitative estimate of drug-likeness (QED) is 0.0409. The van der Waals surface area contributed by atoms with Gasteiger partial charge in [-0.05, 0) is 0 Å². The highest BCUT2D eigenvalue weighted by Crippen LogP contribution is 2.40. The number of carbonyl (C=O) groups excluding carboxylic acids is 15. The Morgan fingerprint density at radius 3 is 0.556 bits per heavy atom. The highest BCUT2D eigenvalue weighted by Gasteiger charge is 2.62. The molecule has 0 bridgehead atoms. The van der Waals surface area contributed by atoms with Gasteiger partial charge in [0, 0.05) is 8.48 Å². The first-order chi connectivity index (χ1) is 58.0. The van der Waals surface area contributed by atoms with Crippen molar-refractivity contribution >= 4 is 89.5 Å². The van der Waals surface area contributed by atoms with Crippen LogP contribution in [-0.4, -0.2) is 246 Å². The first kappa shape index (κ1) is 110. The van der Waals surface area contributed by atoms with Crippen LogP contribution in [0.2, 0.25) is 0 Å². The molecule has 0 aromatic rings. The second kappa shape index (κ2) is 52.8. The zero-order valence-electron chi connectivity index (χ0n) is 79.3. The van der Waals surface area contributed by atoms with E-state index in [1.807, 2.05) is 0 Å². The highest BCUT2D eigenvalue weighted by atomic mass is 16.8. The van der Waals surface area contributed by atoms with Gasteiger partial charge >= 0.3 is 89.5 Å². The van der Waals surface area contributed by atoms with E-state index < -0.39 is 328 Å². The average Bonchev–Trinajstić information content (AvgIpc) is 0.765. The molecule has 37 heteroatoms. The largest absolute Gasteiger partial charge is 0.463 e. The number of esters is 15. The van der Waals surface area contributed by atoms with Crippen LogP contribution in [0, 0.1) is 88.8 Å². The molecule has 0 aromatic heterocycles. The molecule has 0 aliphatic carbocycles. The molecule has 4 rings (SSSR count). The van der Waals surface area contributed by atoms with Crippen molar-refractivity contribution in [1.82, 2.24) is 0 Å². The normalized spacial score (nSPS) is 26.4. The Bertz CT molecular complexity index is 3490. The van der Waals surface area contributed by atoms with E-state index in [0.717, 1.165) is 0 Å². The second-order valence-electron chi connectivity index (χ2n) is 34.9. The van der Waals surface area contributed by atoms with Crippen molar-refractivity contribution in [2.45, 2.75) is 344 Å². The summed E-state index contributed by atoms with van der Waals surface area (Å²) in [5.41, 5.74) is 0. The van der Waals surface area contributed by atoms with Gasteiger partial charge in [0.15, 0.2) is 73.8 Å². The molecule has 0 spiro atoms. The van der Waals surface area contributed by atoms with Crippen molar-refractivity contribution in [1.29, 1.82) is 0 Å². The van der Waals surface area contributed by atoms with Crippen LogP contribution in [0.15, 0.2) is 0 Å². The van der Waals surface area contributed by atoms with Gasteiger partial charge < -0.3 is 104 Å². The van der Waals surface area contributed by atoms with E-state index in [1.165, 1.54) is 48.7 Å². The van der Waals surface area contributed by atoms with Crippen LogP contribution >= 0.6 is 0 Å². The average molecular weight is 1780 g/mol. The molecule has 0 saturated carbocycles. The van der Waals surface area contributed by atoms with E-state index in [4.69, 9.17) is 106 Å². The van der Waals surface area contributed by atoms with E-state index in [2.05, 4.69) is 0 Å². The zero-order valence-corrected chi connectivity index (χ0v) is 78.3. The predicted molar refractivity (Wildman–Crippen MR) is 434 cm³/mol. The SMILES string of the molecule is CC(C)C(=O)OCC1OC(OC(=O)C(C)C)C(OC(=O)C(C)C)[C@@H](OC(=O)C(C)C)[C@@H]1O[C@@H]1OC(COC(=O)C(C)C)[C@H](OC(=O)C(C)C)[C@H](OC(=O)C(C)C)C1OC(=O)C(C)C.COC1OC(COC(=O)C(C)C)[C@@H](O[C@@H]2OC(COC(=O)C(C)C)[C@H](OC(=O)C(C)C)[C@H](OC(=O)C(C)C)C2OC(=O)C(C)C)[C@H](OC(=O)C(C)C)C1OC(=O)C(C)C.[2H]CC. The number of carbonyl (C=O) groups is 15. The van der Waals surface area contributed by atoms with Crippen molar-refractivity contribution in [3.05, 3.63) is 0 Å². The van der Waals surface area contributed by atoms with Crippen LogP contribution in [0.25, 0.3) is 0 Å². The van der Waals surface area contributed by atoms with Crippen LogP contribution in [-0.2, 0) is 176 Å². The maximum absolute atomic E-state index is 13.6. The number of hydrogen-bond acceptors (Lipinski definition) is 37. The standard InChI is InChI=1S/C44H70O19.C41H66O18.C2H6/c1-19(2)35(45)53-17-27-29(57-37(47)21(5)6)31(58-38(48)22(7)8)33(60-40(50)24(11)12)43(55-27)62-30-28(18-54-36(46)20(3)4)56-44(63-42(52)26(15)16)34(61-41(51)25(13)14)32(30)59-39(49)23(9)10;1-18(2)33(42)50-16-25-27(54-35(44)20(5)6)29(55-36(45)21(7)8)32(58-39(48)24(13)14)41(53-25)59-28-26(17-51-34(43)19(3)4)52-40(49-15)31(57-38(47)23(11)12)30(28)56-37(46)22(9)10;1-2/h19-34,43-44H,17-18H2,1-16H3;18-32,40-41H,16-17H2,1-15H3;1-2H3/t27?,28?,29-,30+,31-,32-,33?,34?,43-,44?;25?,26?,27-,28+,29-,30-,31?,32?,40?,41-;/m00./s1/i;;1D. The van der Waals surface area contributed by atoms with E-state index >= 15 is 0 Å². The summed E-state index contributed by atoms with van der Waals surface area (Å²) in [7, 11) is 1.27. The Kier molecular flexibility index (Phi) is 46.8. The molecule has 20 atom stereocenters. The molecule has 4 fully saturated rings. The molecule has 4 saturated heterocycles. The van der Waals surface area contributed by atoms with E-state index in [0.29, 0.717) is 6.90 Å². The first-order valence-corrected chi connectivity index (χ1v) is 42.7. The molecule has 0 N–H and O–H groups in total. The lowest BCUT2D eigenvalue weighted by molar-refractivity contribution is -0.360. The van der Waals surface area contributed by atoms with Crippen LogP contribution in [0.4, 0.5) is 0 Å². The van der Waals surface area contributed by atoms with E-state index in [1.54, 1.807) is 173 Å². The lowest BCUT2D eigenvalue weighted by Crippen LogP contribution is -2.68. The molecular formula is C87H142O37. The molecule has 4 heterocycles. The molecule has 10 unspecified atom stereocenters. The topological polar surface area (TPSA) is 459 Å². The minimum absolute atomic E-state index is 0.500. The number of ether oxygens (including phenoxy) is 22. The Balaban J connectivity index is 0.000000822. The lowest BCUT2D eigenvalue weighted by Gasteiger charge is -2.49. The molecular weight excluding hydrogens is 1640 g/mol. The van der Waals surface area contributed by atoms with Crippen LogP contribution < -0.4 is 0 Å². The molecule has 37 nitrogen and oxygen atoms in total. The van der Waals surface area contributed by atoms with Crippen LogP contribution in [0.5, 0.6) is 0 Å². The molecule has 124 heavy (non-hydrogen) atoms. The van der Waals surface area contributed by atoms with Crippen molar-refractivity contribution in [3.63, 3.8) is 0 Å². The summed E-state index contributed by atoms with van der Waals surface area (Å²) < 4.78 is 138. The third-order valence-electron chi connectivity index (χ3n) is 18.6. The van der Waals surface area contributed by atoms with Gasteiger partial charge in [-0.15, -0.1) is 0 Å². The summed E-state index contributed by atoms with van der Waals surface area (Å²) in [5.74, 6) is -21.7. The second-order valence-corrected chi connectivity index (χ2v) is 34.9. The minimum Gasteiger partial charge on any atom is -0.463 e. The summed E-state index contributed by atoms with van der Waals surface area (Å²) in [6.07, 6.45) is -32.4. The summed E-state index contributed by atoms with van der Waals surface area (Å²) in [6, 6.07) is 0. The third-order valence-corrected chi connectivity index (χ3v) is 18.6. The van der Waals surface area contributed by atoms with Gasteiger partial charge in [0.05, 0.1) is 88.8 Å². The maximum atomic E-state index is 13.6. The molecule has 712 valence electrons. The van der Waals surface area contributed by atoms with Crippen LogP contribution in [0.3, 0.4) is 0 Å². The number of methoxy groups -OCH3 is 1. The smallest absolute Gasteiger partial charge is 0.310 e. The van der Waals surface area contributed by atoms with Gasteiger partial charge in [-0.25, -0.2) is 0 Å². The fourth-order valence-corrected chi connectivity index (χ4v) is 10.8. The predicted octanol–water partition coefficient (Wildman–Crippen LogP) is 8.99. The Labute approximate surface area is 730 Å². The zero-order chi connectivity index (χ0) is 96.0. The maximum Gasteiger partial charge on any atom is 0.310 e. The molecule has 4 aliphatic heterocycles.